The number of unbranched alkanes of at least 4 members (excludes halogenated alkanes) is 5. The minimum Gasteiger partial charge on any atom is -0.461 e. The summed E-state index contributed by atoms with van der Waals surface area (Å²) < 4.78 is 5.04. The maximum Gasteiger partial charge on any atom is 0.358 e. The molecule has 0 fully saturated rings. The van der Waals surface area contributed by atoms with Crippen molar-refractivity contribution in [2.24, 2.45) is 0 Å². The van der Waals surface area contributed by atoms with Crippen LogP contribution in [0, 0.1) is 0 Å². The number of nitrogens with zero attached hydrogens (tertiary/aromatic N) is 2. The summed E-state index contributed by atoms with van der Waals surface area (Å²) in [7, 11) is 0. The van der Waals surface area contributed by atoms with Gasteiger partial charge in [-0.15, -0.1) is 5.10 Å². The zero-order chi connectivity index (χ0) is 11.6. The van der Waals surface area contributed by atoms with Crippen LogP contribution in [0.3, 0.4) is 0 Å². The molecule has 16 heavy (non-hydrogen) atoms. The molecule has 0 amide bonds. The second-order valence-corrected chi connectivity index (χ2v) is 3.77. The Morgan fingerprint density at radius 2 is 2.06 bits per heavy atom. The molecule has 5 heteroatoms. The molecule has 0 aromatic carbocycles. The third-order valence-electron chi connectivity index (χ3n) is 2.37. The fourth-order valence-electron chi connectivity index (χ4n) is 1.42. The summed E-state index contributed by atoms with van der Waals surface area (Å²) in [5, 5.41) is 9.43. The van der Waals surface area contributed by atoms with Crippen LogP contribution >= 0.6 is 0 Å². The zero-order valence-corrected chi connectivity index (χ0v) is 9.74. The van der Waals surface area contributed by atoms with Crippen LogP contribution in [0.4, 0.5) is 0 Å². The van der Waals surface area contributed by atoms with E-state index in [2.05, 4.69) is 22.3 Å². The van der Waals surface area contributed by atoms with Gasteiger partial charge in [-0.3, -0.25) is 5.10 Å². The van der Waals surface area contributed by atoms with E-state index in [9.17, 15) is 4.79 Å². The summed E-state index contributed by atoms with van der Waals surface area (Å²) in [6.07, 6.45) is 8.45. The summed E-state index contributed by atoms with van der Waals surface area (Å²) >= 11 is 0. The van der Waals surface area contributed by atoms with Crippen molar-refractivity contribution in [1.82, 2.24) is 15.4 Å². The first-order valence-electron chi connectivity index (χ1n) is 5.87. The number of aromatic amines is 1. The lowest BCUT2D eigenvalue weighted by atomic mass is 10.1. The highest BCUT2D eigenvalue weighted by atomic mass is 16.5. The van der Waals surface area contributed by atoms with E-state index in [0.717, 1.165) is 12.8 Å². The SMILES string of the molecule is CCCCCCCCOC(=O)c1cnn[nH]1. The average Bonchev–Trinajstić information content (AvgIpc) is 2.81. The monoisotopic (exact) mass is 225 g/mol. The fourth-order valence-corrected chi connectivity index (χ4v) is 1.42. The molecule has 0 bridgehead atoms. The lowest BCUT2D eigenvalue weighted by Gasteiger charge is -2.02. The quantitative estimate of drug-likeness (QED) is 0.544. The van der Waals surface area contributed by atoms with Gasteiger partial charge in [-0.05, 0) is 6.42 Å². The Hall–Kier alpha value is -1.39. The number of esters is 1. The van der Waals surface area contributed by atoms with Gasteiger partial charge in [0.05, 0.1) is 12.8 Å². The highest BCUT2D eigenvalue weighted by Crippen LogP contribution is 2.05. The summed E-state index contributed by atoms with van der Waals surface area (Å²) in [5.74, 6) is -0.376. The molecular weight excluding hydrogens is 206 g/mol. The standard InChI is InChI=1S/C11H19N3O2/c1-2-3-4-5-6-7-8-16-11(15)10-9-12-14-13-10/h9H,2-8H2,1H3,(H,12,13,14). The molecule has 1 aromatic rings. The molecule has 0 aliphatic heterocycles. The molecule has 0 saturated heterocycles. The van der Waals surface area contributed by atoms with E-state index in [1.807, 2.05) is 0 Å². The van der Waals surface area contributed by atoms with Crippen LogP contribution in [0.5, 0.6) is 0 Å². The second kappa shape index (κ2) is 7.84. The molecule has 0 saturated carbocycles. The van der Waals surface area contributed by atoms with Gasteiger partial charge in [-0.1, -0.05) is 44.2 Å². The summed E-state index contributed by atoms with van der Waals surface area (Å²) in [6.45, 7) is 2.67. The predicted molar refractivity (Wildman–Crippen MR) is 60.0 cm³/mol. The maximum atomic E-state index is 11.3. The fraction of sp³-hybridized carbons (Fsp3) is 0.727. The van der Waals surface area contributed by atoms with Crippen LogP contribution in [0.15, 0.2) is 6.20 Å². The van der Waals surface area contributed by atoms with E-state index in [4.69, 9.17) is 4.74 Å². The number of H-pyrrole nitrogens is 1. The summed E-state index contributed by atoms with van der Waals surface area (Å²) in [5.41, 5.74) is 0.311. The van der Waals surface area contributed by atoms with Crippen LogP contribution < -0.4 is 0 Å². The Morgan fingerprint density at radius 3 is 2.75 bits per heavy atom. The highest BCUT2D eigenvalue weighted by molar-refractivity contribution is 5.86. The number of ether oxygens (including phenoxy) is 1. The largest absolute Gasteiger partial charge is 0.461 e. The van der Waals surface area contributed by atoms with Crippen molar-refractivity contribution in [2.45, 2.75) is 45.4 Å². The van der Waals surface area contributed by atoms with Gasteiger partial charge in [-0.25, -0.2) is 4.79 Å². The van der Waals surface area contributed by atoms with Gasteiger partial charge in [0.1, 0.15) is 0 Å². The molecule has 1 N–H and O–H groups in total. The number of nitrogens with one attached hydrogen (secondary N) is 1. The number of aromatic nitrogens is 3. The van der Waals surface area contributed by atoms with Crippen molar-refractivity contribution in [3.63, 3.8) is 0 Å². The molecule has 0 aliphatic carbocycles. The van der Waals surface area contributed by atoms with Crippen molar-refractivity contribution in [2.75, 3.05) is 6.61 Å². The Bertz CT molecular complexity index is 285. The Kier molecular flexibility index (Phi) is 6.22. The molecule has 0 aliphatic rings. The van der Waals surface area contributed by atoms with E-state index >= 15 is 0 Å². The predicted octanol–water partition coefficient (Wildman–Crippen LogP) is 2.32. The summed E-state index contributed by atoms with van der Waals surface area (Å²) in [4.78, 5) is 11.3. The van der Waals surface area contributed by atoms with Crippen LogP contribution in [-0.4, -0.2) is 28.0 Å². The van der Waals surface area contributed by atoms with E-state index in [-0.39, 0.29) is 5.97 Å². The van der Waals surface area contributed by atoms with Crippen molar-refractivity contribution >= 4 is 5.97 Å². The van der Waals surface area contributed by atoms with Crippen LogP contribution in [-0.2, 0) is 4.74 Å². The number of rotatable bonds is 8. The maximum absolute atomic E-state index is 11.3. The lowest BCUT2D eigenvalue weighted by molar-refractivity contribution is 0.0490. The second-order valence-electron chi connectivity index (χ2n) is 3.77. The molecule has 5 nitrogen and oxygen atoms in total. The lowest BCUT2D eigenvalue weighted by Crippen LogP contribution is -2.06. The number of carbonyl (C=O) groups is 1. The van der Waals surface area contributed by atoms with E-state index in [0.29, 0.717) is 12.3 Å². The Balaban J connectivity index is 1.97. The van der Waals surface area contributed by atoms with Crippen LogP contribution in [0.25, 0.3) is 0 Å². The van der Waals surface area contributed by atoms with Crippen molar-refractivity contribution in [1.29, 1.82) is 0 Å². The van der Waals surface area contributed by atoms with Crippen molar-refractivity contribution in [3.05, 3.63) is 11.9 Å². The van der Waals surface area contributed by atoms with Gasteiger partial charge in [0, 0.05) is 0 Å². The third-order valence-corrected chi connectivity index (χ3v) is 2.37. The molecule has 0 atom stereocenters. The van der Waals surface area contributed by atoms with Crippen LogP contribution in [0.2, 0.25) is 0 Å². The molecule has 1 heterocycles. The smallest absolute Gasteiger partial charge is 0.358 e. The summed E-state index contributed by atoms with van der Waals surface area (Å²) in [6, 6.07) is 0. The average molecular weight is 225 g/mol. The molecule has 0 spiro atoms. The van der Waals surface area contributed by atoms with E-state index in [1.54, 1.807) is 0 Å². The number of carbonyl (C=O) groups excluding carboxylic acids is 1. The molecule has 0 radical (unpaired) electrons. The van der Waals surface area contributed by atoms with Gasteiger partial charge >= 0.3 is 5.97 Å². The minimum atomic E-state index is -0.376. The number of hydrogen-bond acceptors (Lipinski definition) is 4. The molecular formula is C11H19N3O2. The van der Waals surface area contributed by atoms with E-state index in [1.165, 1.54) is 31.9 Å². The molecule has 1 rings (SSSR count). The van der Waals surface area contributed by atoms with E-state index < -0.39 is 0 Å². The van der Waals surface area contributed by atoms with Gasteiger partial charge in [0.15, 0.2) is 5.69 Å². The van der Waals surface area contributed by atoms with Crippen molar-refractivity contribution < 1.29 is 9.53 Å². The van der Waals surface area contributed by atoms with Gasteiger partial charge in [0.2, 0.25) is 0 Å². The van der Waals surface area contributed by atoms with Gasteiger partial charge < -0.3 is 4.74 Å². The topological polar surface area (TPSA) is 67.9 Å². The normalized spacial score (nSPS) is 10.3. The molecule has 90 valence electrons. The molecule has 1 aromatic heterocycles. The zero-order valence-electron chi connectivity index (χ0n) is 9.74. The van der Waals surface area contributed by atoms with Crippen LogP contribution in [0.1, 0.15) is 55.9 Å². The Labute approximate surface area is 95.6 Å². The Morgan fingerprint density at radius 1 is 1.31 bits per heavy atom. The minimum absolute atomic E-state index is 0.311. The van der Waals surface area contributed by atoms with Gasteiger partial charge in [0.25, 0.3) is 0 Å². The van der Waals surface area contributed by atoms with Crippen molar-refractivity contribution in [3.8, 4) is 0 Å². The first-order valence-corrected chi connectivity index (χ1v) is 5.87. The molecule has 0 unspecified atom stereocenters. The van der Waals surface area contributed by atoms with Gasteiger partial charge in [-0.2, -0.15) is 0 Å². The highest BCUT2D eigenvalue weighted by Gasteiger charge is 2.07. The number of hydrogen-bond donors (Lipinski definition) is 1. The third kappa shape index (κ3) is 4.91. The first-order chi connectivity index (χ1) is 7.84. The first kappa shape index (κ1) is 12.7.